The largest absolute Gasteiger partial charge is 0.378 e. The van der Waals surface area contributed by atoms with E-state index in [0.29, 0.717) is 10.6 Å². The van der Waals surface area contributed by atoms with Gasteiger partial charge in [0.25, 0.3) is 5.91 Å². The predicted octanol–water partition coefficient (Wildman–Crippen LogP) is 2.50. The molecule has 1 aromatic carbocycles. The molecule has 1 aromatic rings. The standard InChI is InChI=1S/C9H8BrCl2NO2/c10-4-13-9(15)8(14)6-2-1-5(11)3-7(6)12/h1-3,8,14H,4H2,(H,13,15). The molecule has 0 aliphatic rings. The number of carbonyl (C=O) groups excluding carboxylic acids is 1. The molecule has 0 heterocycles. The van der Waals surface area contributed by atoms with Crippen LogP contribution >= 0.6 is 39.1 Å². The van der Waals surface area contributed by atoms with Gasteiger partial charge < -0.3 is 10.4 Å². The molecule has 0 fully saturated rings. The van der Waals surface area contributed by atoms with E-state index in [9.17, 15) is 9.90 Å². The third kappa shape index (κ3) is 3.34. The fraction of sp³-hybridized carbons (Fsp3) is 0.222. The maximum atomic E-state index is 11.3. The van der Waals surface area contributed by atoms with E-state index in [0.717, 1.165) is 0 Å². The normalized spacial score (nSPS) is 12.3. The van der Waals surface area contributed by atoms with Crippen molar-refractivity contribution in [1.82, 2.24) is 5.32 Å². The zero-order valence-electron chi connectivity index (χ0n) is 7.51. The van der Waals surface area contributed by atoms with E-state index >= 15 is 0 Å². The van der Waals surface area contributed by atoms with Crippen LogP contribution < -0.4 is 5.32 Å². The molecule has 2 N–H and O–H groups in total. The number of aliphatic hydroxyl groups excluding tert-OH is 1. The van der Waals surface area contributed by atoms with Crippen molar-refractivity contribution < 1.29 is 9.90 Å². The average Bonchev–Trinajstić information content (AvgIpc) is 2.17. The zero-order chi connectivity index (χ0) is 11.4. The Labute approximate surface area is 106 Å². The average molecular weight is 313 g/mol. The van der Waals surface area contributed by atoms with E-state index in [1.807, 2.05) is 0 Å². The van der Waals surface area contributed by atoms with Gasteiger partial charge in [-0.15, -0.1) is 0 Å². The topological polar surface area (TPSA) is 49.3 Å². The number of rotatable bonds is 3. The van der Waals surface area contributed by atoms with Gasteiger partial charge in [-0.05, 0) is 12.1 Å². The molecule has 0 radical (unpaired) electrons. The maximum Gasteiger partial charge on any atom is 0.254 e. The first-order chi connectivity index (χ1) is 7.06. The fourth-order valence-electron chi connectivity index (χ4n) is 1.03. The van der Waals surface area contributed by atoms with Crippen LogP contribution in [-0.2, 0) is 4.79 Å². The lowest BCUT2D eigenvalue weighted by atomic mass is 10.1. The molecule has 0 aromatic heterocycles. The Balaban J connectivity index is 2.91. The van der Waals surface area contributed by atoms with Crippen LogP contribution in [0.15, 0.2) is 18.2 Å². The molecule has 1 rings (SSSR count). The monoisotopic (exact) mass is 311 g/mol. The third-order valence-corrected chi connectivity index (χ3v) is 2.59. The molecule has 0 spiro atoms. The quantitative estimate of drug-likeness (QED) is 0.665. The minimum absolute atomic E-state index is 0.264. The first-order valence-electron chi connectivity index (χ1n) is 4.03. The Kier molecular flexibility index (Phi) is 4.86. The molecule has 0 aliphatic heterocycles. The second-order valence-corrected chi connectivity index (χ2v) is 4.15. The van der Waals surface area contributed by atoms with Gasteiger partial charge in [-0.1, -0.05) is 45.2 Å². The first-order valence-corrected chi connectivity index (χ1v) is 5.90. The van der Waals surface area contributed by atoms with E-state index in [2.05, 4.69) is 21.2 Å². The van der Waals surface area contributed by atoms with E-state index < -0.39 is 12.0 Å². The molecular formula is C9H8BrCl2NO2. The number of amides is 1. The van der Waals surface area contributed by atoms with Gasteiger partial charge in [-0.2, -0.15) is 0 Å². The smallest absolute Gasteiger partial charge is 0.254 e. The van der Waals surface area contributed by atoms with Gasteiger partial charge in [0, 0.05) is 15.6 Å². The Morgan fingerprint density at radius 2 is 2.20 bits per heavy atom. The summed E-state index contributed by atoms with van der Waals surface area (Å²) in [5.41, 5.74) is 0.605. The number of alkyl halides is 1. The number of halogens is 3. The summed E-state index contributed by atoms with van der Waals surface area (Å²) in [5, 5.41) is 12.8. The van der Waals surface area contributed by atoms with Crippen LogP contribution in [0, 0.1) is 0 Å². The van der Waals surface area contributed by atoms with Crippen molar-refractivity contribution in [2.24, 2.45) is 0 Å². The predicted molar refractivity (Wildman–Crippen MR) is 63.4 cm³/mol. The Hall–Kier alpha value is -0.290. The molecule has 0 saturated heterocycles. The summed E-state index contributed by atoms with van der Waals surface area (Å²) in [6.07, 6.45) is -1.28. The van der Waals surface area contributed by atoms with Gasteiger partial charge in [0.1, 0.15) is 0 Å². The number of hydrogen-bond acceptors (Lipinski definition) is 2. The molecule has 0 aliphatic carbocycles. The van der Waals surface area contributed by atoms with Gasteiger partial charge in [-0.3, -0.25) is 4.79 Å². The van der Waals surface area contributed by atoms with Crippen molar-refractivity contribution in [1.29, 1.82) is 0 Å². The van der Waals surface area contributed by atoms with Crippen molar-refractivity contribution in [2.75, 3.05) is 5.45 Å². The van der Waals surface area contributed by atoms with Crippen LogP contribution in [0.2, 0.25) is 10.0 Å². The van der Waals surface area contributed by atoms with E-state index in [1.165, 1.54) is 12.1 Å². The number of nitrogens with one attached hydrogen (secondary N) is 1. The highest BCUT2D eigenvalue weighted by atomic mass is 79.9. The minimum atomic E-state index is -1.28. The molecule has 3 nitrogen and oxygen atoms in total. The summed E-state index contributed by atoms with van der Waals surface area (Å²) in [5.74, 6) is -0.518. The van der Waals surface area contributed by atoms with Crippen molar-refractivity contribution in [2.45, 2.75) is 6.10 Å². The molecule has 1 amide bonds. The summed E-state index contributed by atoms with van der Waals surface area (Å²) in [6, 6.07) is 4.56. The summed E-state index contributed by atoms with van der Waals surface area (Å²) in [6.45, 7) is 0. The van der Waals surface area contributed by atoms with Gasteiger partial charge in [0.15, 0.2) is 6.10 Å². The zero-order valence-corrected chi connectivity index (χ0v) is 10.6. The third-order valence-electron chi connectivity index (χ3n) is 1.75. The van der Waals surface area contributed by atoms with Gasteiger partial charge >= 0.3 is 0 Å². The van der Waals surface area contributed by atoms with Crippen LogP contribution in [0.5, 0.6) is 0 Å². The van der Waals surface area contributed by atoms with Crippen LogP contribution in [0.4, 0.5) is 0 Å². The minimum Gasteiger partial charge on any atom is -0.378 e. The molecular weight excluding hydrogens is 305 g/mol. The van der Waals surface area contributed by atoms with Crippen LogP contribution in [-0.4, -0.2) is 16.5 Å². The number of hydrogen-bond donors (Lipinski definition) is 2. The highest BCUT2D eigenvalue weighted by Gasteiger charge is 2.19. The number of aliphatic hydroxyl groups is 1. The van der Waals surface area contributed by atoms with E-state index in [1.54, 1.807) is 6.07 Å². The van der Waals surface area contributed by atoms with E-state index in [-0.39, 0.29) is 10.5 Å². The Morgan fingerprint density at radius 3 is 2.73 bits per heavy atom. The Bertz CT molecular complexity index is 373. The summed E-state index contributed by atoms with van der Waals surface area (Å²) < 4.78 is 0. The van der Waals surface area contributed by atoms with E-state index in [4.69, 9.17) is 23.2 Å². The highest BCUT2D eigenvalue weighted by molar-refractivity contribution is 9.09. The number of carbonyl (C=O) groups is 1. The second kappa shape index (κ2) is 5.70. The molecule has 0 saturated carbocycles. The summed E-state index contributed by atoms with van der Waals surface area (Å²) >= 11 is 14.5. The molecule has 15 heavy (non-hydrogen) atoms. The lowest BCUT2D eigenvalue weighted by Crippen LogP contribution is -2.28. The highest BCUT2D eigenvalue weighted by Crippen LogP contribution is 2.26. The first kappa shape index (κ1) is 12.8. The lowest BCUT2D eigenvalue weighted by molar-refractivity contribution is -0.129. The second-order valence-electron chi connectivity index (χ2n) is 2.74. The van der Waals surface area contributed by atoms with Crippen LogP contribution in [0.25, 0.3) is 0 Å². The molecule has 1 atom stereocenters. The summed E-state index contributed by atoms with van der Waals surface area (Å²) in [7, 11) is 0. The number of benzene rings is 1. The lowest BCUT2D eigenvalue weighted by Gasteiger charge is -2.11. The van der Waals surface area contributed by atoms with Crippen molar-refractivity contribution in [3.63, 3.8) is 0 Å². The van der Waals surface area contributed by atoms with Gasteiger partial charge in [-0.25, -0.2) is 0 Å². The van der Waals surface area contributed by atoms with Crippen molar-refractivity contribution in [3.8, 4) is 0 Å². The van der Waals surface area contributed by atoms with Gasteiger partial charge in [0.05, 0.1) is 5.45 Å². The van der Waals surface area contributed by atoms with Gasteiger partial charge in [0.2, 0.25) is 0 Å². The SMILES string of the molecule is O=C(NCBr)C(O)c1ccc(Cl)cc1Cl. The van der Waals surface area contributed by atoms with Crippen molar-refractivity contribution >= 4 is 45.0 Å². The molecule has 1 unspecified atom stereocenters. The molecule has 82 valence electrons. The fourth-order valence-corrected chi connectivity index (χ4v) is 1.82. The maximum absolute atomic E-state index is 11.3. The summed E-state index contributed by atoms with van der Waals surface area (Å²) in [4.78, 5) is 11.3. The molecule has 0 bridgehead atoms. The Morgan fingerprint density at radius 1 is 1.53 bits per heavy atom. The van der Waals surface area contributed by atoms with Crippen LogP contribution in [0.1, 0.15) is 11.7 Å². The van der Waals surface area contributed by atoms with Crippen molar-refractivity contribution in [3.05, 3.63) is 33.8 Å². The van der Waals surface area contributed by atoms with Crippen LogP contribution in [0.3, 0.4) is 0 Å². The molecule has 6 heteroatoms.